The summed E-state index contributed by atoms with van der Waals surface area (Å²) in [4.78, 5) is 12.5. The smallest absolute Gasteiger partial charge is 0.143 e. The summed E-state index contributed by atoms with van der Waals surface area (Å²) in [6.07, 6.45) is 3.04. The number of carbonyl (C=O) groups is 1. The van der Waals surface area contributed by atoms with Crippen LogP contribution in [-0.4, -0.2) is 37.4 Å². The molecule has 0 aromatic heterocycles. The zero-order valence-electron chi connectivity index (χ0n) is 8.55. The van der Waals surface area contributed by atoms with Crippen molar-refractivity contribution in [3.63, 3.8) is 0 Å². The van der Waals surface area contributed by atoms with Crippen LogP contribution in [0.5, 0.6) is 0 Å². The molecule has 13 heavy (non-hydrogen) atoms. The van der Waals surface area contributed by atoms with Crippen molar-refractivity contribution in [3.05, 3.63) is 17.4 Å². The van der Waals surface area contributed by atoms with Crippen molar-refractivity contribution in [2.45, 2.75) is 13.8 Å². The number of hydrogen-bond acceptors (Lipinski definition) is 2. The molecule has 0 rings (SSSR count). The first-order valence-corrected chi connectivity index (χ1v) is 3.95. The summed E-state index contributed by atoms with van der Waals surface area (Å²) < 4.78 is 0. The van der Waals surface area contributed by atoms with E-state index < -0.39 is 0 Å². The third kappa shape index (κ3) is 10.4. The number of ketones is 1. The summed E-state index contributed by atoms with van der Waals surface area (Å²) in [7, 11) is 1.87. The molecule has 0 aliphatic heterocycles. The molecule has 0 bridgehead atoms. The second-order valence-electron chi connectivity index (χ2n) is 3.01. The number of carbonyl (C=O) groups excluding carboxylic acids is 1. The number of hydrogen-bond donors (Lipinski definition) is 0. The minimum atomic E-state index is 0. The van der Waals surface area contributed by atoms with Gasteiger partial charge >= 0.3 is 0 Å². The van der Waals surface area contributed by atoms with Crippen molar-refractivity contribution in [3.8, 4) is 0 Å². The Hall–Kier alpha value is 0.434. The Kier molecular flexibility index (Phi) is 11.0. The first kappa shape index (κ1) is 15.9. The van der Waals surface area contributed by atoms with Crippen LogP contribution in [0.4, 0.5) is 0 Å². The Morgan fingerprint density at radius 2 is 2.00 bits per heavy atom. The van der Waals surface area contributed by atoms with Crippen molar-refractivity contribution >= 4 is 5.78 Å². The maximum Gasteiger partial charge on any atom is 0.143 e. The van der Waals surface area contributed by atoms with E-state index in [4.69, 9.17) is 5.73 Å². The topological polar surface area (TPSA) is 44.1 Å². The monoisotopic (exact) mass is 257 g/mol. The van der Waals surface area contributed by atoms with E-state index in [-0.39, 0.29) is 45.0 Å². The molecule has 3 nitrogen and oxygen atoms in total. The second-order valence-corrected chi connectivity index (χ2v) is 3.01. The normalized spacial score (nSPS) is 11.3. The van der Waals surface area contributed by atoms with Gasteiger partial charge in [0.05, 0.1) is 6.54 Å². The van der Waals surface area contributed by atoms with Gasteiger partial charge in [0.15, 0.2) is 0 Å². The van der Waals surface area contributed by atoms with Crippen LogP contribution in [0.2, 0.25) is 0 Å². The zero-order chi connectivity index (χ0) is 9.56. The summed E-state index contributed by atoms with van der Waals surface area (Å²) in [5.74, 6) is 0.155. The van der Waals surface area contributed by atoms with Gasteiger partial charge in [-0.1, -0.05) is 6.92 Å². The largest absolute Gasteiger partial charge is 0.676 e. The third-order valence-corrected chi connectivity index (χ3v) is 1.41. The summed E-state index contributed by atoms with van der Waals surface area (Å²) in [6, 6.07) is 0. The van der Waals surface area contributed by atoms with Gasteiger partial charge in [0, 0.05) is 32.7 Å². The molecule has 0 heterocycles. The first-order chi connectivity index (χ1) is 5.56. The van der Waals surface area contributed by atoms with E-state index in [2.05, 4.69) is 6.08 Å². The Labute approximate surface area is 106 Å². The van der Waals surface area contributed by atoms with Crippen molar-refractivity contribution < 1.29 is 37.5 Å². The van der Waals surface area contributed by atoms with Crippen LogP contribution < -0.4 is 0 Å². The fourth-order valence-corrected chi connectivity index (χ4v) is 0.768. The van der Waals surface area contributed by atoms with Crippen LogP contribution in [-0.2, 0) is 37.5 Å². The predicted octanol–water partition coefficient (Wildman–Crippen LogP) is 1.31. The molecular weight excluding hydrogens is 241 g/mol. The summed E-state index contributed by atoms with van der Waals surface area (Å²) in [5.41, 5.74) is 7.93. The van der Waals surface area contributed by atoms with Crippen LogP contribution in [0.1, 0.15) is 13.8 Å². The van der Waals surface area contributed by atoms with Gasteiger partial charge in [-0.05, 0) is 14.0 Å². The second kappa shape index (κ2) is 9.01. The minimum Gasteiger partial charge on any atom is -0.676 e. The van der Waals surface area contributed by atoms with E-state index >= 15 is 0 Å². The van der Waals surface area contributed by atoms with Crippen molar-refractivity contribution in [1.29, 1.82) is 0 Å². The molecule has 0 spiro atoms. The van der Waals surface area contributed by atoms with Crippen molar-refractivity contribution in [2.24, 2.45) is 0 Å². The van der Waals surface area contributed by atoms with E-state index in [9.17, 15) is 4.79 Å². The first-order valence-electron chi connectivity index (χ1n) is 3.95. The molecule has 1 radical (unpaired) electrons. The molecular formula is C9H16N2OY-2. The van der Waals surface area contributed by atoms with Gasteiger partial charge in [-0.2, -0.15) is 6.54 Å². The van der Waals surface area contributed by atoms with Crippen LogP contribution >= 0.6 is 0 Å². The molecule has 73 valence electrons. The molecule has 1 N–H and O–H groups in total. The van der Waals surface area contributed by atoms with E-state index in [0.29, 0.717) is 13.1 Å². The van der Waals surface area contributed by atoms with Gasteiger partial charge in [-0.15, -0.1) is 6.54 Å². The fourth-order valence-electron chi connectivity index (χ4n) is 0.768. The minimum absolute atomic E-state index is 0. The number of likely N-dealkylation sites (N-methyl/N-ethyl adjacent to an activating group) is 1. The van der Waals surface area contributed by atoms with Gasteiger partial charge in [0.2, 0.25) is 0 Å². The van der Waals surface area contributed by atoms with Crippen LogP contribution in [0.15, 0.2) is 5.57 Å². The molecule has 0 aromatic rings. The number of rotatable bonds is 5. The molecule has 0 aliphatic carbocycles. The zero-order valence-corrected chi connectivity index (χ0v) is 11.4. The summed E-state index contributed by atoms with van der Waals surface area (Å²) in [6.45, 7) is 4.81. The molecule has 0 unspecified atom stereocenters. The van der Waals surface area contributed by atoms with Gasteiger partial charge < -0.3 is 16.7 Å². The van der Waals surface area contributed by atoms with Gasteiger partial charge in [0.1, 0.15) is 5.78 Å². The standard InChI is InChI=1S/C9H16N2O.Y/c1-8(6-10)4-5-11(3)7-9(2)12;/h10H,5-7H2,1-3H3;/q-2;. The maximum atomic E-state index is 10.7. The van der Waals surface area contributed by atoms with Crippen molar-refractivity contribution in [1.82, 2.24) is 4.90 Å². The third-order valence-electron chi connectivity index (χ3n) is 1.41. The number of Topliss-reactive ketones (excluding diaryl/α,β-unsaturated/α-hetero) is 1. The van der Waals surface area contributed by atoms with Crippen LogP contribution in [0.3, 0.4) is 0 Å². The quantitative estimate of drug-likeness (QED) is 0.697. The number of nitrogens with zero attached hydrogens (tertiary/aromatic N) is 1. The molecule has 0 saturated heterocycles. The fraction of sp³-hybridized carbons (Fsp3) is 0.667. The maximum absolute atomic E-state index is 10.7. The molecule has 4 heteroatoms. The predicted molar refractivity (Wildman–Crippen MR) is 49.8 cm³/mol. The Bertz CT molecular complexity index is 180. The van der Waals surface area contributed by atoms with Gasteiger partial charge in [0.25, 0.3) is 0 Å². The SMILES string of the molecule is CC(=O)CN(C)C[C-]=C(C)C[NH-].[Y]. The molecule has 0 aromatic carbocycles. The van der Waals surface area contributed by atoms with Gasteiger partial charge in [-0.3, -0.25) is 10.4 Å². The molecule has 0 fully saturated rings. The molecule has 0 amide bonds. The van der Waals surface area contributed by atoms with E-state index in [1.807, 2.05) is 18.9 Å². The molecule has 0 saturated carbocycles. The number of nitrogens with one attached hydrogen (secondary N) is 1. The molecule has 0 atom stereocenters. The average molecular weight is 257 g/mol. The van der Waals surface area contributed by atoms with Crippen LogP contribution in [0.25, 0.3) is 5.73 Å². The van der Waals surface area contributed by atoms with Crippen LogP contribution in [0, 0.1) is 6.08 Å². The van der Waals surface area contributed by atoms with Gasteiger partial charge in [-0.25, -0.2) is 0 Å². The molecule has 0 aliphatic rings. The summed E-state index contributed by atoms with van der Waals surface area (Å²) >= 11 is 0. The van der Waals surface area contributed by atoms with E-state index in [0.717, 1.165) is 5.57 Å². The average Bonchev–Trinajstić information content (AvgIpc) is 1.99. The Morgan fingerprint density at radius 3 is 2.38 bits per heavy atom. The Morgan fingerprint density at radius 1 is 1.46 bits per heavy atom. The Balaban J connectivity index is 0. The van der Waals surface area contributed by atoms with Crippen molar-refractivity contribution in [2.75, 3.05) is 26.7 Å². The van der Waals surface area contributed by atoms with E-state index in [1.165, 1.54) is 0 Å². The summed E-state index contributed by atoms with van der Waals surface area (Å²) in [5, 5.41) is 0. The van der Waals surface area contributed by atoms with E-state index in [1.54, 1.807) is 6.92 Å².